The van der Waals surface area contributed by atoms with E-state index in [1.165, 1.54) is 11.8 Å². The number of epoxide rings is 1. The number of nitrogens with two attached hydrogens (primary N) is 1. The van der Waals surface area contributed by atoms with Gasteiger partial charge in [0.25, 0.3) is 6.47 Å². The normalized spacial score (nSPS) is 21.8. The number of aliphatic hydroxyl groups is 2. The van der Waals surface area contributed by atoms with Gasteiger partial charge in [0.1, 0.15) is 5.78 Å². The largest absolute Gasteiger partial charge is 0.468 e. The molecule has 0 aromatic carbocycles. The minimum Gasteiger partial charge on any atom is -0.468 e. The highest BCUT2D eigenvalue weighted by Gasteiger charge is 2.51. The summed E-state index contributed by atoms with van der Waals surface area (Å²) in [5.74, 6) is -0.963. The molecule has 0 aromatic heterocycles. The van der Waals surface area contributed by atoms with Crippen LogP contribution in [0.3, 0.4) is 0 Å². The molecule has 0 aliphatic carbocycles. The van der Waals surface area contributed by atoms with Gasteiger partial charge in [-0.3, -0.25) is 14.6 Å². The third-order valence-electron chi connectivity index (χ3n) is 7.03. The van der Waals surface area contributed by atoms with Crippen molar-refractivity contribution in [3.8, 4) is 0 Å². The highest BCUT2D eigenvalue weighted by molar-refractivity contribution is 8.16. The number of ether oxygens (including phenoxy) is 2. The Morgan fingerprint density at radius 1 is 1.33 bits per heavy atom. The second-order valence-electron chi connectivity index (χ2n) is 10.3. The number of ketones is 1. The average molecular weight is 573 g/mol. The lowest BCUT2D eigenvalue weighted by molar-refractivity contribution is -0.142. The Bertz CT molecular complexity index is 758. The standard InChI is InChI=1S/C21H39NO6.C7H11NS.C2H6/c1-6-16(24)20(3,4)19(26)15(12-22)18(25)14(2)8-7-10-21(5)17(28-21)9-11-27-13-23;1-4-6-8-7(3)9-5-2;1-2/h13-18,24-25H,6-12,22H2,1-5H3;4-6H,2H2,1,3H3;1-2H3/b;6-4-,8-7?;. The second kappa shape index (κ2) is 21.3. The van der Waals surface area contributed by atoms with Crippen molar-refractivity contribution in [2.24, 2.45) is 28.0 Å². The van der Waals surface area contributed by atoms with E-state index in [2.05, 4.69) is 11.6 Å². The fourth-order valence-electron chi connectivity index (χ4n) is 4.33. The fraction of sp³-hybridized carbons (Fsp3) is 0.767. The number of aliphatic hydroxyl groups excluding tert-OH is 2. The Labute approximate surface area is 241 Å². The predicted octanol–water partition coefficient (Wildman–Crippen LogP) is 5.66. The molecule has 8 nitrogen and oxygen atoms in total. The van der Waals surface area contributed by atoms with Crippen LogP contribution in [-0.4, -0.2) is 64.6 Å². The summed E-state index contributed by atoms with van der Waals surface area (Å²) in [7, 11) is 0. The zero-order chi connectivity index (χ0) is 30.6. The van der Waals surface area contributed by atoms with E-state index in [4.69, 9.17) is 15.2 Å². The lowest BCUT2D eigenvalue weighted by Crippen LogP contribution is -2.48. The molecule has 0 amide bonds. The van der Waals surface area contributed by atoms with Gasteiger partial charge in [-0.2, -0.15) is 0 Å². The molecule has 1 saturated heterocycles. The van der Waals surface area contributed by atoms with E-state index >= 15 is 0 Å². The molecule has 39 heavy (non-hydrogen) atoms. The first kappa shape index (κ1) is 39.6. The van der Waals surface area contributed by atoms with Crippen molar-refractivity contribution in [1.29, 1.82) is 0 Å². The quantitative estimate of drug-likeness (QED) is 0.0668. The number of allylic oxidation sites excluding steroid dienone is 1. The molecular weight excluding hydrogens is 516 g/mol. The van der Waals surface area contributed by atoms with Gasteiger partial charge in [-0.25, -0.2) is 0 Å². The van der Waals surface area contributed by atoms with Gasteiger partial charge in [0, 0.05) is 24.6 Å². The Kier molecular flexibility index (Phi) is 21.6. The van der Waals surface area contributed by atoms with Gasteiger partial charge in [0.2, 0.25) is 0 Å². The molecule has 0 saturated carbocycles. The second-order valence-corrected chi connectivity index (χ2v) is 11.5. The number of Topliss-reactive ketones (excluding diaryl/α,β-unsaturated/α-hetero) is 1. The van der Waals surface area contributed by atoms with Crippen LogP contribution < -0.4 is 5.73 Å². The summed E-state index contributed by atoms with van der Waals surface area (Å²) in [6.45, 7) is 21.5. The highest BCUT2D eigenvalue weighted by Crippen LogP contribution is 2.43. The number of aliphatic imine (C=N–C) groups is 1. The van der Waals surface area contributed by atoms with Crippen molar-refractivity contribution in [2.75, 3.05) is 13.2 Å². The van der Waals surface area contributed by atoms with Crippen LogP contribution in [0.15, 0.2) is 29.3 Å². The van der Waals surface area contributed by atoms with E-state index in [0.29, 0.717) is 25.9 Å². The van der Waals surface area contributed by atoms with Crippen molar-refractivity contribution >= 4 is 29.1 Å². The fourth-order valence-corrected chi connectivity index (χ4v) is 4.69. The van der Waals surface area contributed by atoms with Crippen LogP contribution >= 0.6 is 11.8 Å². The lowest BCUT2D eigenvalue weighted by atomic mass is 9.72. The molecule has 4 N–H and O–H groups in total. The van der Waals surface area contributed by atoms with E-state index in [9.17, 15) is 19.8 Å². The molecule has 6 unspecified atom stereocenters. The summed E-state index contributed by atoms with van der Waals surface area (Å²) in [5.41, 5.74) is 4.68. The molecule has 1 heterocycles. The number of nitrogens with zero attached hydrogens (tertiary/aromatic N) is 1. The van der Waals surface area contributed by atoms with Crippen LogP contribution in [0, 0.1) is 17.3 Å². The average Bonchev–Trinajstić information content (AvgIpc) is 3.57. The smallest absolute Gasteiger partial charge is 0.293 e. The maximum Gasteiger partial charge on any atom is 0.293 e. The SMILES string of the molecule is C=CSC(C)=N/C=C\C.CC.CCC(O)C(C)(C)C(=O)C(CN)C(O)C(C)CCCC1(C)OC1CCOC=O. The van der Waals surface area contributed by atoms with Gasteiger partial charge in [-0.1, -0.05) is 72.4 Å². The third kappa shape index (κ3) is 14.6. The molecule has 0 aromatic rings. The Morgan fingerprint density at radius 2 is 1.95 bits per heavy atom. The molecule has 6 atom stereocenters. The van der Waals surface area contributed by atoms with Crippen LogP contribution in [-0.2, 0) is 19.1 Å². The maximum absolute atomic E-state index is 12.9. The molecule has 0 radical (unpaired) electrons. The van der Waals surface area contributed by atoms with Crippen molar-refractivity contribution in [1.82, 2.24) is 0 Å². The molecule has 9 heteroatoms. The zero-order valence-electron chi connectivity index (χ0n) is 25.8. The van der Waals surface area contributed by atoms with Crippen molar-refractivity contribution < 1.29 is 29.3 Å². The first-order chi connectivity index (χ1) is 18.4. The number of rotatable bonds is 17. The van der Waals surface area contributed by atoms with E-state index in [1.807, 2.05) is 54.5 Å². The van der Waals surface area contributed by atoms with Crippen LogP contribution in [0.5, 0.6) is 0 Å². The molecule has 1 aliphatic rings. The number of carbonyl (C=O) groups excluding carboxylic acids is 2. The van der Waals surface area contributed by atoms with Gasteiger partial charge in [-0.15, -0.1) is 0 Å². The van der Waals surface area contributed by atoms with Gasteiger partial charge in [-0.05, 0) is 51.4 Å². The zero-order valence-corrected chi connectivity index (χ0v) is 26.6. The van der Waals surface area contributed by atoms with E-state index < -0.39 is 23.5 Å². The van der Waals surface area contributed by atoms with Crippen LogP contribution in [0.1, 0.15) is 94.4 Å². The number of carbonyl (C=O) groups is 2. The van der Waals surface area contributed by atoms with Crippen LogP contribution in [0.2, 0.25) is 0 Å². The van der Waals surface area contributed by atoms with E-state index in [0.717, 1.165) is 24.3 Å². The maximum atomic E-state index is 12.9. The molecule has 228 valence electrons. The minimum atomic E-state index is -0.939. The van der Waals surface area contributed by atoms with Gasteiger partial charge in [0.05, 0.1) is 41.5 Å². The Morgan fingerprint density at radius 3 is 2.44 bits per heavy atom. The summed E-state index contributed by atoms with van der Waals surface area (Å²) in [6.07, 6.45) is 5.77. The third-order valence-corrected chi connectivity index (χ3v) is 7.65. The van der Waals surface area contributed by atoms with Crippen molar-refractivity contribution in [3.05, 3.63) is 24.3 Å². The van der Waals surface area contributed by atoms with Crippen LogP contribution in [0.4, 0.5) is 0 Å². The van der Waals surface area contributed by atoms with E-state index in [1.54, 1.807) is 25.5 Å². The molecule has 0 spiro atoms. The highest BCUT2D eigenvalue weighted by atomic mass is 32.2. The van der Waals surface area contributed by atoms with Crippen LogP contribution in [0.25, 0.3) is 0 Å². The number of hydrogen-bond donors (Lipinski definition) is 3. The first-order valence-electron chi connectivity index (χ1n) is 14.1. The minimum absolute atomic E-state index is 0.0594. The monoisotopic (exact) mass is 572 g/mol. The topological polar surface area (TPSA) is 135 Å². The molecular formula is C30H56N2O6S. The van der Waals surface area contributed by atoms with Crippen molar-refractivity contribution in [2.45, 2.75) is 118 Å². The summed E-state index contributed by atoms with van der Waals surface area (Å²) in [4.78, 5) is 27.1. The molecule has 0 bridgehead atoms. The van der Waals surface area contributed by atoms with Gasteiger partial charge >= 0.3 is 0 Å². The molecule has 1 fully saturated rings. The first-order valence-corrected chi connectivity index (χ1v) is 15.0. The lowest BCUT2D eigenvalue weighted by Gasteiger charge is -2.35. The summed E-state index contributed by atoms with van der Waals surface area (Å²) >= 11 is 1.53. The Balaban J connectivity index is 0. The van der Waals surface area contributed by atoms with Crippen molar-refractivity contribution in [3.63, 3.8) is 0 Å². The molecule has 1 rings (SSSR count). The number of thioether (sulfide) groups is 1. The van der Waals surface area contributed by atoms with E-state index in [-0.39, 0.29) is 30.0 Å². The molecule has 1 aliphatic heterocycles. The summed E-state index contributed by atoms with van der Waals surface area (Å²) in [5, 5.41) is 23.7. The summed E-state index contributed by atoms with van der Waals surface area (Å²) in [6, 6.07) is 0. The predicted molar refractivity (Wildman–Crippen MR) is 164 cm³/mol. The number of hydrogen-bond acceptors (Lipinski definition) is 9. The van der Waals surface area contributed by atoms with Gasteiger partial charge < -0.3 is 25.4 Å². The Hall–Kier alpha value is -1.52. The van der Waals surface area contributed by atoms with Gasteiger partial charge in [0.15, 0.2) is 0 Å². The summed E-state index contributed by atoms with van der Waals surface area (Å²) < 4.78 is 10.4.